The summed E-state index contributed by atoms with van der Waals surface area (Å²) in [6.07, 6.45) is 4.00. The van der Waals surface area contributed by atoms with Crippen LogP contribution in [0.3, 0.4) is 0 Å². The van der Waals surface area contributed by atoms with Gasteiger partial charge in [0.2, 0.25) is 0 Å². The Hall–Kier alpha value is -1.32. The first-order valence-corrected chi connectivity index (χ1v) is 7.90. The van der Waals surface area contributed by atoms with Gasteiger partial charge < -0.3 is 9.47 Å². The number of esters is 2. The van der Waals surface area contributed by atoms with Gasteiger partial charge in [0.1, 0.15) is 6.10 Å². The number of carbonyl (C=O) groups excluding carboxylic acids is 2. The van der Waals surface area contributed by atoms with E-state index in [-0.39, 0.29) is 30.1 Å². The summed E-state index contributed by atoms with van der Waals surface area (Å²) in [5, 5.41) is 0. The van der Waals surface area contributed by atoms with Crippen LogP contribution in [0, 0.1) is 23.2 Å². The van der Waals surface area contributed by atoms with Crippen LogP contribution in [0.15, 0.2) is 12.2 Å². The standard InChI is InChI=1S/C17H24O4/c1-9(20-11(3)18)5-6-13-14-7-12-10(2)16(19)21-15(12)8-17(13,14)4/h9,12-15H,2,5-8H2,1,3-4H3/t9-,12+,13-,14-,15+,17+/m0/s1. The Bertz CT molecular complexity index is 497. The van der Waals surface area contributed by atoms with Gasteiger partial charge in [-0.2, -0.15) is 0 Å². The van der Waals surface area contributed by atoms with Gasteiger partial charge in [-0.25, -0.2) is 4.79 Å². The second-order valence-electron chi connectivity index (χ2n) is 7.23. The lowest BCUT2D eigenvalue weighted by Gasteiger charge is -2.27. The van der Waals surface area contributed by atoms with E-state index in [1.165, 1.54) is 6.92 Å². The van der Waals surface area contributed by atoms with Gasteiger partial charge in [0.05, 0.1) is 6.10 Å². The molecule has 0 amide bonds. The fourth-order valence-corrected chi connectivity index (χ4v) is 4.64. The lowest BCUT2D eigenvalue weighted by Crippen LogP contribution is -2.26. The van der Waals surface area contributed by atoms with E-state index in [0.29, 0.717) is 22.8 Å². The fourth-order valence-electron chi connectivity index (χ4n) is 4.64. The van der Waals surface area contributed by atoms with Crippen molar-refractivity contribution in [2.45, 2.75) is 58.7 Å². The van der Waals surface area contributed by atoms with Crippen molar-refractivity contribution in [1.82, 2.24) is 0 Å². The molecule has 2 saturated carbocycles. The van der Waals surface area contributed by atoms with Gasteiger partial charge in [-0.15, -0.1) is 0 Å². The molecule has 21 heavy (non-hydrogen) atoms. The van der Waals surface area contributed by atoms with E-state index in [1.807, 2.05) is 6.92 Å². The number of rotatable bonds is 4. The van der Waals surface area contributed by atoms with Gasteiger partial charge in [-0.05, 0) is 49.9 Å². The van der Waals surface area contributed by atoms with Crippen LogP contribution in [-0.2, 0) is 19.1 Å². The maximum Gasteiger partial charge on any atom is 0.334 e. The van der Waals surface area contributed by atoms with Crippen LogP contribution in [-0.4, -0.2) is 24.1 Å². The molecule has 116 valence electrons. The molecule has 1 aliphatic heterocycles. The maximum atomic E-state index is 11.6. The van der Waals surface area contributed by atoms with Crippen molar-refractivity contribution in [1.29, 1.82) is 0 Å². The smallest absolute Gasteiger partial charge is 0.334 e. The summed E-state index contributed by atoms with van der Waals surface area (Å²) in [7, 11) is 0. The molecule has 3 aliphatic rings. The summed E-state index contributed by atoms with van der Waals surface area (Å²) in [4.78, 5) is 22.5. The zero-order valence-electron chi connectivity index (χ0n) is 13.1. The van der Waals surface area contributed by atoms with Gasteiger partial charge >= 0.3 is 11.9 Å². The molecule has 0 radical (unpaired) electrons. The van der Waals surface area contributed by atoms with Crippen molar-refractivity contribution < 1.29 is 19.1 Å². The largest absolute Gasteiger partial charge is 0.463 e. The van der Waals surface area contributed by atoms with Crippen molar-refractivity contribution >= 4 is 11.9 Å². The number of ether oxygens (including phenoxy) is 2. The molecule has 3 rings (SSSR count). The van der Waals surface area contributed by atoms with Crippen LogP contribution >= 0.6 is 0 Å². The van der Waals surface area contributed by atoms with Crippen molar-refractivity contribution in [3.63, 3.8) is 0 Å². The SMILES string of the molecule is C=C1C(=O)O[C@@H]2C[C@]3(C)[C@@H](CC[C@H](C)OC(C)=O)[C@@H]3C[C@H]12. The Morgan fingerprint density at radius 2 is 2.29 bits per heavy atom. The molecule has 0 N–H and O–H groups in total. The summed E-state index contributed by atoms with van der Waals surface area (Å²) >= 11 is 0. The number of hydrogen-bond donors (Lipinski definition) is 0. The summed E-state index contributed by atoms with van der Waals surface area (Å²) in [6.45, 7) is 9.61. The number of hydrogen-bond acceptors (Lipinski definition) is 4. The van der Waals surface area contributed by atoms with Crippen LogP contribution in [0.5, 0.6) is 0 Å². The van der Waals surface area contributed by atoms with Crippen LogP contribution in [0.1, 0.15) is 46.5 Å². The van der Waals surface area contributed by atoms with E-state index in [0.717, 1.165) is 25.7 Å². The average molecular weight is 292 g/mol. The molecule has 1 heterocycles. The summed E-state index contributed by atoms with van der Waals surface area (Å²) in [5.74, 6) is 1.14. The van der Waals surface area contributed by atoms with Gasteiger partial charge in [-0.1, -0.05) is 13.5 Å². The number of carbonyl (C=O) groups is 2. The molecule has 6 atom stereocenters. The Kier molecular flexibility index (Phi) is 3.38. The van der Waals surface area contributed by atoms with E-state index < -0.39 is 0 Å². The molecule has 1 saturated heterocycles. The monoisotopic (exact) mass is 292 g/mol. The zero-order chi connectivity index (χ0) is 15.4. The Labute approximate surface area is 125 Å². The second kappa shape index (κ2) is 4.85. The van der Waals surface area contributed by atoms with Crippen molar-refractivity contribution in [2.75, 3.05) is 0 Å². The highest BCUT2D eigenvalue weighted by Crippen LogP contribution is 2.70. The van der Waals surface area contributed by atoms with E-state index in [1.54, 1.807) is 0 Å². The number of fused-ring (bicyclic) bond motifs is 2. The predicted octanol–water partition coefficient (Wildman–Crippen LogP) is 2.86. The first-order chi connectivity index (χ1) is 9.83. The third kappa shape index (κ3) is 2.39. The maximum absolute atomic E-state index is 11.6. The lowest BCUT2D eigenvalue weighted by atomic mass is 9.79. The molecular weight excluding hydrogens is 268 g/mol. The minimum Gasteiger partial charge on any atom is -0.463 e. The summed E-state index contributed by atoms with van der Waals surface area (Å²) < 4.78 is 10.7. The predicted molar refractivity (Wildman–Crippen MR) is 77.3 cm³/mol. The normalized spacial score (nSPS) is 41.9. The first kappa shape index (κ1) is 14.6. The molecule has 2 aliphatic carbocycles. The highest BCUT2D eigenvalue weighted by molar-refractivity contribution is 5.90. The van der Waals surface area contributed by atoms with E-state index in [4.69, 9.17) is 9.47 Å². The lowest BCUT2D eigenvalue weighted by molar-refractivity contribution is -0.145. The Morgan fingerprint density at radius 1 is 1.57 bits per heavy atom. The third-order valence-corrected chi connectivity index (χ3v) is 5.89. The van der Waals surface area contributed by atoms with E-state index in [2.05, 4.69) is 13.5 Å². The molecule has 0 aromatic carbocycles. The van der Waals surface area contributed by atoms with Crippen molar-refractivity contribution in [3.05, 3.63) is 12.2 Å². The van der Waals surface area contributed by atoms with E-state index >= 15 is 0 Å². The molecule has 3 fully saturated rings. The second-order valence-corrected chi connectivity index (χ2v) is 7.23. The Balaban J connectivity index is 1.56. The molecular formula is C17H24O4. The quantitative estimate of drug-likeness (QED) is 0.590. The van der Waals surface area contributed by atoms with Gasteiger partial charge in [0.25, 0.3) is 0 Å². The molecule has 0 unspecified atom stereocenters. The first-order valence-electron chi connectivity index (χ1n) is 7.90. The topological polar surface area (TPSA) is 52.6 Å². The fraction of sp³-hybridized carbons (Fsp3) is 0.765. The van der Waals surface area contributed by atoms with Gasteiger partial charge in [-0.3, -0.25) is 4.79 Å². The molecule has 0 spiro atoms. The zero-order valence-corrected chi connectivity index (χ0v) is 13.1. The minimum absolute atomic E-state index is 0.0129. The van der Waals surface area contributed by atoms with Gasteiger partial charge in [0, 0.05) is 18.4 Å². The van der Waals surface area contributed by atoms with Crippen molar-refractivity contribution in [3.8, 4) is 0 Å². The van der Waals surface area contributed by atoms with E-state index in [9.17, 15) is 9.59 Å². The molecule has 4 heteroatoms. The van der Waals surface area contributed by atoms with Crippen LogP contribution in [0.4, 0.5) is 0 Å². The Morgan fingerprint density at radius 3 is 2.95 bits per heavy atom. The molecule has 0 aromatic rings. The molecule has 0 aromatic heterocycles. The molecule has 0 bridgehead atoms. The van der Waals surface area contributed by atoms with Crippen LogP contribution in [0.2, 0.25) is 0 Å². The van der Waals surface area contributed by atoms with Crippen LogP contribution in [0.25, 0.3) is 0 Å². The summed E-state index contributed by atoms with van der Waals surface area (Å²) in [6, 6.07) is 0. The summed E-state index contributed by atoms with van der Waals surface area (Å²) in [5.41, 5.74) is 0.961. The van der Waals surface area contributed by atoms with Crippen LogP contribution < -0.4 is 0 Å². The van der Waals surface area contributed by atoms with Gasteiger partial charge in [0.15, 0.2) is 0 Å². The average Bonchev–Trinajstić information content (AvgIpc) is 2.86. The highest BCUT2D eigenvalue weighted by Gasteiger charge is 2.66. The third-order valence-electron chi connectivity index (χ3n) is 5.89. The van der Waals surface area contributed by atoms with Crippen molar-refractivity contribution in [2.24, 2.45) is 23.2 Å². The highest BCUT2D eigenvalue weighted by atomic mass is 16.6. The molecule has 4 nitrogen and oxygen atoms in total. The minimum atomic E-state index is -0.209.